The Bertz CT molecular complexity index is 1000. The van der Waals surface area contributed by atoms with Gasteiger partial charge >= 0.3 is 0 Å². The predicted molar refractivity (Wildman–Crippen MR) is 111 cm³/mol. The minimum Gasteiger partial charge on any atom is -0.496 e. The van der Waals surface area contributed by atoms with Gasteiger partial charge in [-0.3, -0.25) is 4.79 Å². The molecule has 1 atom stereocenters. The summed E-state index contributed by atoms with van der Waals surface area (Å²) in [6, 6.07) is 14.0. The number of hydrogen-bond acceptors (Lipinski definition) is 4. The first-order chi connectivity index (χ1) is 14.6. The van der Waals surface area contributed by atoms with Gasteiger partial charge in [0.1, 0.15) is 17.3 Å². The van der Waals surface area contributed by atoms with Gasteiger partial charge in [-0.1, -0.05) is 30.3 Å². The van der Waals surface area contributed by atoms with Crippen LogP contribution in [-0.4, -0.2) is 36.0 Å². The van der Waals surface area contributed by atoms with E-state index in [0.29, 0.717) is 25.3 Å². The Labute approximate surface area is 175 Å². The highest BCUT2D eigenvalue weighted by Gasteiger charge is 2.28. The SMILES string of the molecule is COc1ccccc1CC(=O)N1CCC[C@H](c2ncc(Cc3ccc(F)cc3)o2)C1. The van der Waals surface area contributed by atoms with Crippen molar-refractivity contribution in [1.82, 2.24) is 9.88 Å². The van der Waals surface area contributed by atoms with Crippen LogP contribution in [-0.2, 0) is 17.6 Å². The molecule has 0 radical (unpaired) electrons. The fourth-order valence-corrected chi connectivity index (χ4v) is 3.93. The standard InChI is InChI=1S/C24H25FN2O3/c1-29-22-7-3-2-5-18(22)14-23(28)27-12-4-6-19(16-27)24-26-15-21(30-24)13-17-8-10-20(25)11-9-17/h2-3,5,7-11,15,19H,4,6,12-14,16H2,1H3/t19-/m0/s1. The summed E-state index contributed by atoms with van der Waals surface area (Å²) < 4.78 is 24.4. The summed E-state index contributed by atoms with van der Waals surface area (Å²) in [5, 5.41) is 0. The molecular weight excluding hydrogens is 383 g/mol. The van der Waals surface area contributed by atoms with Gasteiger partial charge in [0.15, 0.2) is 5.89 Å². The largest absolute Gasteiger partial charge is 0.496 e. The molecule has 0 aliphatic carbocycles. The molecule has 1 aliphatic rings. The topological polar surface area (TPSA) is 55.6 Å². The molecule has 0 bridgehead atoms. The van der Waals surface area contributed by atoms with Crippen molar-refractivity contribution in [3.05, 3.63) is 83.3 Å². The van der Waals surface area contributed by atoms with Crippen molar-refractivity contribution in [2.45, 2.75) is 31.6 Å². The molecule has 30 heavy (non-hydrogen) atoms. The number of rotatable bonds is 6. The maximum atomic E-state index is 13.1. The summed E-state index contributed by atoms with van der Waals surface area (Å²) in [5.74, 6) is 2.07. The number of carbonyl (C=O) groups is 1. The summed E-state index contributed by atoms with van der Waals surface area (Å²) in [6.07, 6.45) is 4.47. The van der Waals surface area contributed by atoms with Gasteiger partial charge < -0.3 is 14.1 Å². The highest BCUT2D eigenvalue weighted by molar-refractivity contribution is 5.79. The van der Waals surface area contributed by atoms with Crippen molar-refractivity contribution in [3.63, 3.8) is 0 Å². The highest BCUT2D eigenvalue weighted by Crippen LogP contribution is 2.28. The molecule has 1 aliphatic heterocycles. The smallest absolute Gasteiger partial charge is 0.227 e. The van der Waals surface area contributed by atoms with Crippen LogP contribution in [0, 0.1) is 5.82 Å². The first kappa shape index (κ1) is 20.1. The molecule has 1 amide bonds. The van der Waals surface area contributed by atoms with Gasteiger partial charge in [-0.2, -0.15) is 0 Å². The van der Waals surface area contributed by atoms with Crippen LogP contribution in [0.1, 0.15) is 41.5 Å². The Morgan fingerprint density at radius 3 is 2.83 bits per heavy atom. The summed E-state index contributed by atoms with van der Waals surface area (Å²) >= 11 is 0. The molecule has 0 N–H and O–H groups in total. The lowest BCUT2D eigenvalue weighted by Crippen LogP contribution is -2.40. The maximum Gasteiger partial charge on any atom is 0.227 e. The van der Waals surface area contributed by atoms with Crippen molar-refractivity contribution in [3.8, 4) is 5.75 Å². The second-order valence-corrected chi connectivity index (χ2v) is 7.64. The first-order valence-corrected chi connectivity index (χ1v) is 10.2. The quantitative estimate of drug-likeness (QED) is 0.608. The van der Waals surface area contributed by atoms with Gasteiger partial charge in [-0.05, 0) is 36.6 Å². The number of nitrogens with zero attached hydrogens (tertiary/aromatic N) is 2. The zero-order valence-corrected chi connectivity index (χ0v) is 17.0. The van der Waals surface area contributed by atoms with E-state index < -0.39 is 0 Å². The molecule has 1 aromatic heterocycles. The van der Waals surface area contributed by atoms with E-state index in [-0.39, 0.29) is 17.6 Å². The number of aromatic nitrogens is 1. The van der Waals surface area contributed by atoms with Gasteiger partial charge in [0.05, 0.1) is 25.6 Å². The van der Waals surface area contributed by atoms with E-state index in [1.165, 1.54) is 12.1 Å². The number of halogens is 1. The average molecular weight is 408 g/mol. The van der Waals surface area contributed by atoms with E-state index in [0.717, 1.165) is 42.0 Å². The minimum atomic E-state index is -0.253. The van der Waals surface area contributed by atoms with Crippen molar-refractivity contribution in [2.24, 2.45) is 0 Å². The third kappa shape index (κ3) is 4.70. The molecule has 0 saturated carbocycles. The van der Waals surface area contributed by atoms with Crippen LogP contribution in [0.3, 0.4) is 0 Å². The van der Waals surface area contributed by atoms with Crippen LogP contribution in [0.4, 0.5) is 4.39 Å². The molecule has 4 rings (SSSR count). The zero-order chi connectivity index (χ0) is 20.9. The fraction of sp³-hybridized carbons (Fsp3) is 0.333. The number of amides is 1. The lowest BCUT2D eigenvalue weighted by molar-refractivity contribution is -0.131. The molecule has 156 valence electrons. The number of likely N-dealkylation sites (tertiary alicyclic amines) is 1. The number of oxazole rings is 1. The second-order valence-electron chi connectivity index (χ2n) is 7.64. The van der Waals surface area contributed by atoms with Crippen molar-refractivity contribution in [1.29, 1.82) is 0 Å². The van der Waals surface area contributed by atoms with Gasteiger partial charge in [0, 0.05) is 25.1 Å². The lowest BCUT2D eigenvalue weighted by Gasteiger charge is -2.31. The number of piperidine rings is 1. The number of ether oxygens (including phenoxy) is 1. The predicted octanol–water partition coefficient (Wildman–Crippen LogP) is 4.36. The molecule has 1 saturated heterocycles. The van der Waals surface area contributed by atoms with Crippen LogP contribution >= 0.6 is 0 Å². The molecule has 2 aromatic carbocycles. The van der Waals surface area contributed by atoms with Crippen molar-refractivity contribution in [2.75, 3.05) is 20.2 Å². The van der Waals surface area contributed by atoms with Gasteiger partial charge in [-0.15, -0.1) is 0 Å². The minimum absolute atomic E-state index is 0.0855. The normalized spacial score (nSPS) is 16.5. The number of methoxy groups -OCH3 is 1. The maximum absolute atomic E-state index is 13.1. The molecular formula is C24H25FN2O3. The fourth-order valence-electron chi connectivity index (χ4n) is 3.93. The molecule has 5 nitrogen and oxygen atoms in total. The zero-order valence-electron chi connectivity index (χ0n) is 17.0. The summed E-state index contributed by atoms with van der Waals surface area (Å²) in [4.78, 5) is 19.2. The van der Waals surface area contributed by atoms with Crippen LogP contribution in [0.2, 0.25) is 0 Å². The number of carbonyl (C=O) groups excluding carboxylic acids is 1. The van der Waals surface area contributed by atoms with Gasteiger partial charge in [0.2, 0.25) is 5.91 Å². The molecule has 1 fully saturated rings. The summed E-state index contributed by atoms with van der Waals surface area (Å²) in [7, 11) is 1.62. The molecule has 3 aromatic rings. The Hall–Kier alpha value is -3.15. The Kier molecular flexibility index (Phi) is 6.12. The second kappa shape index (κ2) is 9.11. The molecule has 0 spiro atoms. The van der Waals surface area contributed by atoms with Crippen molar-refractivity contribution >= 4 is 5.91 Å². The average Bonchev–Trinajstić information content (AvgIpc) is 3.24. The third-order valence-corrected chi connectivity index (χ3v) is 5.52. The van der Waals surface area contributed by atoms with E-state index in [1.807, 2.05) is 29.2 Å². The first-order valence-electron chi connectivity index (χ1n) is 10.2. The van der Waals surface area contributed by atoms with Crippen LogP contribution < -0.4 is 4.74 Å². The van der Waals surface area contributed by atoms with Gasteiger partial charge in [-0.25, -0.2) is 9.37 Å². The van der Waals surface area contributed by atoms with Crippen LogP contribution in [0.15, 0.2) is 59.1 Å². The van der Waals surface area contributed by atoms with Crippen LogP contribution in [0.25, 0.3) is 0 Å². The summed E-state index contributed by atoms with van der Waals surface area (Å²) in [5.41, 5.74) is 1.86. The number of para-hydroxylation sites is 1. The number of benzene rings is 2. The number of hydrogen-bond donors (Lipinski definition) is 0. The lowest BCUT2D eigenvalue weighted by atomic mass is 9.97. The monoisotopic (exact) mass is 408 g/mol. The van der Waals surface area contributed by atoms with E-state index in [4.69, 9.17) is 9.15 Å². The van der Waals surface area contributed by atoms with Gasteiger partial charge in [0.25, 0.3) is 0 Å². The Morgan fingerprint density at radius 1 is 1.23 bits per heavy atom. The van der Waals surface area contributed by atoms with E-state index in [2.05, 4.69) is 4.98 Å². The van der Waals surface area contributed by atoms with Crippen LogP contribution in [0.5, 0.6) is 5.75 Å². The Morgan fingerprint density at radius 2 is 2.03 bits per heavy atom. The third-order valence-electron chi connectivity index (χ3n) is 5.52. The van der Waals surface area contributed by atoms with E-state index in [1.54, 1.807) is 25.4 Å². The van der Waals surface area contributed by atoms with E-state index >= 15 is 0 Å². The highest BCUT2D eigenvalue weighted by atomic mass is 19.1. The van der Waals surface area contributed by atoms with Crippen molar-refractivity contribution < 1.29 is 18.3 Å². The molecule has 2 heterocycles. The molecule has 6 heteroatoms. The molecule has 0 unspecified atom stereocenters. The summed E-state index contributed by atoms with van der Waals surface area (Å²) in [6.45, 7) is 1.35. The van der Waals surface area contributed by atoms with E-state index in [9.17, 15) is 9.18 Å². The Balaban J connectivity index is 1.39.